The van der Waals surface area contributed by atoms with E-state index in [0.29, 0.717) is 32.9 Å². The van der Waals surface area contributed by atoms with Crippen LogP contribution in [0.1, 0.15) is 5.56 Å². The summed E-state index contributed by atoms with van der Waals surface area (Å²) in [5, 5.41) is 6.01. The van der Waals surface area contributed by atoms with Crippen LogP contribution in [-0.4, -0.2) is 44.9 Å². The van der Waals surface area contributed by atoms with Crippen LogP contribution >= 0.6 is 0 Å². The van der Waals surface area contributed by atoms with Crippen LogP contribution in [0.15, 0.2) is 18.2 Å². The van der Waals surface area contributed by atoms with E-state index in [2.05, 4.69) is 10.6 Å². The Labute approximate surface area is 117 Å². The van der Waals surface area contributed by atoms with Gasteiger partial charge in [0.15, 0.2) is 11.5 Å². The maximum Gasteiger partial charge on any atom is 0.250 e. The third kappa shape index (κ3) is 3.02. The predicted molar refractivity (Wildman–Crippen MR) is 71.9 cm³/mol. The number of amides is 1. The lowest BCUT2D eigenvalue weighted by atomic mass is 10.2. The molecule has 1 atom stereocenters. The molecular weight excluding hydrogens is 260 g/mol. The first-order valence-electron chi connectivity index (χ1n) is 6.81. The van der Waals surface area contributed by atoms with E-state index >= 15 is 0 Å². The second kappa shape index (κ2) is 6.11. The van der Waals surface area contributed by atoms with Crippen LogP contribution in [0, 0.1) is 0 Å². The van der Waals surface area contributed by atoms with E-state index in [1.807, 2.05) is 18.2 Å². The predicted octanol–water partition coefficient (Wildman–Crippen LogP) is 0.0624. The molecule has 3 rings (SSSR count). The van der Waals surface area contributed by atoms with Crippen molar-refractivity contribution in [2.24, 2.45) is 0 Å². The van der Waals surface area contributed by atoms with E-state index in [4.69, 9.17) is 14.2 Å². The molecule has 0 radical (unpaired) electrons. The lowest BCUT2D eigenvalue weighted by molar-refractivity contribution is -0.134. The number of rotatable bonds is 3. The van der Waals surface area contributed by atoms with Crippen molar-refractivity contribution in [3.8, 4) is 11.5 Å². The maximum absolute atomic E-state index is 11.9. The molecule has 1 aromatic carbocycles. The van der Waals surface area contributed by atoms with E-state index in [9.17, 15) is 4.79 Å². The van der Waals surface area contributed by atoms with E-state index in [0.717, 1.165) is 23.6 Å². The molecule has 6 heteroatoms. The normalized spacial score (nSPS) is 21.3. The molecule has 2 heterocycles. The molecule has 0 aromatic heterocycles. The van der Waals surface area contributed by atoms with Crippen LogP contribution in [0.3, 0.4) is 0 Å². The third-order valence-electron chi connectivity index (χ3n) is 3.29. The molecule has 2 N–H and O–H groups in total. The summed E-state index contributed by atoms with van der Waals surface area (Å²) in [6.07, 6.45) is -0.402. The maximum atomic E-state index is 11.9. The average molecular weight is 278 g/mol. The number of carbonyl (C=O) groups excluding carboxylic acids is 1. The SMILES string of the molecule is O=C(NCc1ccc2c(c1)OCCO2)C1CNCCO1. The fraction of sp³-hybridized carbons (Fsp3) is 0.500. The Morgan fingerprint density at radius 2 is 2.10 bits per heavy atom. The zero-order valence-corrected chi connectivity index (χ0v) is 11.2. The molecule has 0 saturated carbocycles. The number of hydrogen-bond donors (Lipinski definition) is 2. The first kappa shape index (κ1) is 13.2. The van der Waals surface area contributed by atoms with Crippen molar-refractivity contribution in [2.75, 3.05) is 32.9 Å². The summed E-state index contributed by atoms with van der Waals surface area (Å²) in [4.78, 5) is 11.9. The molecule has 2 aliphatic heterocycles. The summed E-state index contributed by atoms with van der Waals surface area (Å²) in [6, 6.07) is 5.69. The van der Waals surface area contributed by atoms with Gasteiger partial charge in [-0.15, -0.1) is 0 Å². The Balaban J connectivity index is 1.56. The Kier molecular flexibility index (Phi) is 4.03. The Morgan fingerprint density at radius 1 is 1.25 bits per heavy atom. The second-order valence-electron chi connectivity index (χ2n) is 4.76. The smallest absolute Gasteiger partial charge is 0.250 e. The van der Waals surface area contributed by atoms with Gasteiger partial charge in [0.2, 0.25) is 0 Å². The van der Waals surface area contributed by atoms with Crippen LogP contribution in [-0.2, 0) is 16.1 Å². The van der Waals surface area contributed by atoms with Gasteiger partial charge in [0.05, 0.1) is 6.61 Å². The molecule has 108 valence electrons. The molecule has 6 nitrogen and oxygen atoms in total. The van der Waals surface area contributed by atoms with Gasteiger partial charge < -0.3 is 24.8 Å². The number of nitrogens with one attached hydrogen (secondary N) is 2. The topological polar surface area (TPSA) is 68.8 Å². The molecule has 20 heavy (non-hydrogen) atoms. The zero-order valence-electron chi connectivity index (χ0n) is 11.2. The van der Waals surface area contributed by atoms with Gasteiger partial charge in [-0.05, 0) is 17.7 Å². The summed E-state index contributed by atoms with van der Waals surface area (Å²) < 4.78 is 16.4. The molecule has 1 amide bonds. The first-order valence-corrected chi connectivity index (χ1v) is 6.81. The van der Waals surface area contributed by atoms with Gasteiger partial charge in [0, 0.05) is 19.6 Å². The summed E-state index contributed by atoms with van der Waals surface area (Å²) >= 11 is 0. The van der Waals surface area contributed by atoms with E-state index in [-0.39, 0.29) is 5.91 Å². The number of benzene rings is 1. The molecule has 0 spiro atoms. The number of carbonyl (C=O) groups is 1. The summed E-state index contributed by atoms with van der Waals surface area (Å²) in [7, 11) is 0. The van der Waals surface area contributed by atoms with Gasteiger partial charge in [-0.25, -0.2) is 0 Å². The number of ether oxygens (including phenoxy) is 3. The molecule has 1 fully saturated rings. The molecule has 1 aromatic rings. The fourth-order valence-corrected chi connectivity index (χ4v) is 2.23. The monoisotopic (exact) mass is 278 g/mol. The van der Waals surface area contributed by atoms with Crippen LogP contribution in [0.2, 0.25) is 0 Å². The first-order chi connectivity index (χ1) is 9.83. The Bertz CT molecular complexity index is 486. The quantitative estimate of drug-likeness (QED) is 0.818. The molecule has 2 aliphatic rings. The minimum absolute atomic E-state index is 0.0907. The number of morpholine rings is 1. The fourth-order valence-electron chi connectivity index (χ4n) is 2.23. The van der Waals surface area contributed by atoms with E-state index in [1.165, 1.54) is 0 Å². The molecule has 0 bridgehead atoms. The third-order valence-corrected chi connectivity index (χ3v) is 3.29. The van der Waals surface area contributed by atoms with E-state index < -0.39 is 6.10 Å². The minimum Gasteiger partial charge on any atom is -0.486 e. The van der Waals surface area contributed by atoms with Crippen LogP contribution in [0.4, 0.5) is 0 Å². The highest BCUT2D eigenvalue weighted by atomic mass is 16.6. The molecule has 0 aliphatic carbocycles. The Morgan fingerprint density at radius 3 is 2.90 bits per heavy atom. The van der Waals surface area contributed by atoms with Crippen molar-refractivity contribution in [2.45, 2.75) is 12.6 Å². The number of hydrogen-bond acceptors (Lipinski definition) is 5. The highest BCUT2D eigenvalue weighted by molar-refractivity contribution is 5.81. The van der Waals surface area contributed by atoms with Crippen molar-refractivity contribution in [1.82, 2.24) is 10.6 Å². The summed E-state index contributed by atoms with van der Waals surface area (Å²) in [6.45, 7) is 3.52. The zero-order chi connectivity index (χ0) is 13.8. The van der Waals surface area contributed by atoms with Gasteiger partial charge in [-0.1, -0.05) is 6.07 Å². The van der Waals surface area contributed by atoms with Gasteiger partial charge in [-0.3, -0.25) is 4.79 Å². The Hall–Kier alpha value is -1.79. The van der Waals surface area contributed by atoms with Crippen molar-refractivity contribution in [3.05, 3.63) is 23.8 Å². The van der Waals surface area contributed by atoms with Crippen molar-refractivity contribution >= 4 is 5.91 Å². The lowest BCUT2D eigenvalue weighted by Gasteiger charge is -2.23. The van der Waals surface area contributed by atoms with Crippen LogP contribution < -0.4 is 20.1 Å². The lowest BCUT2D eigenvalue weighted by Crippen LogP contribution is -2.47. The van der Waals surface area contributed by atoms with Crippen molar-refractivity contribution in [3.63, 3.8) is 0 Å². The van der Waals surface area contributed by atoms with Gasteiger partial charge in [0.1, 0.15) is 19.3 Å². The van der Waals surface area contributed by atoms with Gasteiger partial charge in [0.25, 0.3) is 5.91 Å². The minimum atomic E-state index is -0.402. The van der Waals surface area contributed by atoms with Crippen molar-refractivity contribution < 1.29 is 19.0 Å². The number of fused-ring (bicyclic) bond motifs is 1. The van der Waals surface area contributed by atoms with Crippen molar-refractivity contribution in [1.29, 1.82) is 0 Å². The average Bonchev–Trinajstić information content (AvgIpc) is 2.53. The molecule has 1 saturated heterocycles. The molecular formula is C14H18N2O4. The largest absolute Gasteiger partial charge is 0.486 e. The highest BCUT2D eigenvalue weighted by Gasteiger charge is 2.21. The van der Waals surface area contributed by atoms with Crippen LogP contribution in [0.5, 0.6) is 11.5 Å². The van der Waals surface area contributed by atoms with E-state index in [1.54, 1.807) is 0 Å². The summed E-state index contributed by atoms with van der Waals surface area (Å²) in [5.41, 5.74) is 0.978. The van der Waals surface area contributed by atoms with Gasteiger partial charge in [-0.2, -0.15) is 0 Å². The highest BCUT2D eigenvalue weighted by Crippen LogP contribution is 2.30. The van der Waals surface area contributed by atoms with Crippen LogP contribution in [0.25, 0.3) is 0 Å². The summed E-state index contributed by atoms with van der Waals surface area (Å²) in [5.74, 6) is 1.40. The standard InChI is InChI=1S/C14H18N2O4/c17-14(13-9-15-3-4-18-13)16-8-10-1-2-11-12(7-10)20-6-5-19-11/h1-2,7,13,15H,3-6,8-9H2,(H,16,17). The van der Waals surface area contributed by atoms with Gasteiger partial charge >= 0.3 is 0 Å². The molecule has 1 unspecified atom stereocenters. The second-order valence-corrected chi connectivity index (χ2v) is 4.76.